The molecule has 1 atom stereocenters. The molecule has 0 N–H and O–H groups in total. The zero-order valence-electron chi connectivity index (χ0n) is 17.1. The van der Waals surface area contributed by atoms with Gasteiger partial charge < -0.3 is 4.74 Å². The Morgan fingerprint density at radius 2 is 1.87 bits per heavy atom. The predicted octanol–water partition coefficient (Wildman–Crippen LogP) is 6.45. The van der Waals surface area contributed by atoms with Crippen LogP contribution in [0.2, 0.25) is 10.0 Å². The topological polar surface area (TPSA) is 39.9 Å². The van der Waals surface area contributed by atoms with Crippen molar-refractivity contribution >= 4 is 23.2 Å². The van der Waals surface area contributed by atoms with E-state index in [-0.39, 0.29) is 0 Å². The molecule has 0 saturated heterocycles. The first-order valence-electron chi connectivity index (χ1n) is 10.6. The maximum atomic E-state index is 6.71. The molecule has 3 aromatic rings. The number of aromatic nitrogens is 3. The number of hydrogen-bond acceptors (Lipinski definition) is 3. The van der Waals surface area contributed by atoms with Crippen LogP contribution in [0, 0.1) is 11.3 Å². The highest BCUT2D eigenvalue weighted by Crippen LogP contribution is 2.52. The summed E-state index contributed by atoms with van der Waals surface area (Å²) in [4.78, 5) is 3.98. The Kier molecular flexibility index (Phi) is 5.24. The van der Waals surface area contributed by atoms with Gasteiger partial charge in [0.2, 0.25) is 0 Å². The van der Waals surface area contributed by atoms with E-state index in [0.29, 0.717) is 27.8 Å². The van der Waals surface area contributed by atoms with Crippen LogP contribution in [0.1, 0.15) is 49.3 Å². The van der Waals surface area contributed by atoms with Gasteiger partial charge in [0.1, 0.15) is 30.0 Å². The van der Waals surface area contributed by atoms with E-state index in [2.05, 4.69) is 23.1 Å². The van der Waals surface area contributed by atoms with E-state index in [1.54, 1.807) is 11.0 Å². The first-order chi connectivity index (χ1) is 14.5. The third-order valence-electron chi connectivity index (χ3n) is 6.90. The summed E-state index contributed by atoms with van der Waals surface area (Å²) in [5, 5.41) is 5.35. The van der Waals surface area contributed by atoms with Crippen LogP contribution in [0.4, 0.5) is 0 Å². The molecule has 0 spiro atoms. The fourth-order valence-corrected chi connectivity index (χ4v) is 5.71. The van der Waals surface area contributed by atoms with Crippen LogP contribution >= 0.6 is 23.2 Å². The molecule has 0 bridgehead atoms. The van der Waals surface area contributed by atoms with E-state index in [4.69, 9.17) is 27.9 Å². The van der Waals surface area contributed by atoms with Crippen LogP contribution in [-0.4, -0.2) is 14.8 Å². The summed E-state index contributed by atoms with van der Waals surface area (Å²) in [7, 11) is 0. The van der Waals surface area contributed by atoms with Gasteiger partial charge in [-0.1, -0.05) is 55.1 Å². The monoisotopic (exact) mass is 441 g/mol. The molecule has 0 radical (unpaired) electrons. The lowest BCUT2D eigenvalue weighted by Crippen LogP contribution is -2.26. The van der Waals surface area contributed by atoms with Crippen molar-refractivity contribution < 1.29 is 4.74 Å². The molecule has 1 aromatic heterocycles. The van der Waals surface area contributed by atoms with E-state index in [9.17, 15) is 0 Å². The van der Waals surface area contributed by atoms with Crippen molar-refractivity contribution in [2.75, 3.05) is 0 Å². The normalized spacial score (nSPS) is 21.2. The first kappa shape index (κ1) is 19.9. The molecular formula is C24H25Cl2N3O. The highest BCUT2D eigenvalue weighted by atomic mass is 35.5. The Hall–Kier alpha value is -2.04. The van der Waals surface area contributed by atoms with Gasteiger partial charge in [0.25, 0.3) is 0 Å². The van der Waals surface area contributed by atoms with Crippen molar-refractivity contribution in [2.24, 2.45) is 11.3 Å². The van der Waals surface area contributed by atoms with Crippen molar-refractivity contribution in [1.29, 1.82) is 0 Å². The minimum absolute atomic E-state index is 0.293. The summed E-state index contributed by atoms with van der Waals surface area (Å²) in [6.45, 7) is 2.86. The molecule has 156 valence electrons. The van der Waals surface area contributed by atoms with Gasteiger partial charge in [0, 0.05) is 0 Å². The van der Waals surface area contributed by atoms with Crippen LogP contribution in [0.15, 0.2) is 43.0 Å². The zero-order valence-corrected chi connectivity index (χ0v) is 18.6. The molecule has 1 unspecified atom stereocenters. The molecular weight excluding hydrogens is 417 g/mol. The minimum Gasteiger partial charge on any atom is -0.487 e. The number of nitrogens with zero attached hydrogens (tertiary/aromatic N) is 3. The maximum Gasteiger partial charge on any atom is 0.140 e. The van der Waals surface area contributed by atoms with Gasteiger partial charge in [-0.15, -0.1) is 0 Å². The number of fused-ring (bicyclic) bond motifs is 1. The summed E-state index contributed by atoms with van der Waals surface area (Å²) in [6, 6.07) is 10.2. The van der Waals surface area contributed by atoms with Crippen LogP contribution in [0.5, 0.6) is 5.75 Å². The molecule has 0 amide bonds. The van der Waals surface area contributed by atoms with E-state index in [1.807, 2.05) is 24.3 Å². The first-order valence-corrected chi connectivity index (χ1v) is 11.4. The molecule has 0 aliphatic heterocycles. The molecule has 2 aliphatic rings. The largest absolute Gasteiger partial charge is 0.487 e. The van der Waals surface area contributed by atoms with E-state index in [1.165, 1.54) is 43.1 Å². The van der Waals surface area contributed by atoms with Crippen molar-refractivity contribution in [2.45, 2.75) is 52.1 Å². The van der Waals surface area contributed by atoms with Crippen LogP contribution in [-0.2, 0) is 19.4 Å². The fraction of sp³-hybridized carbons (Fsp3) is 0.417. The number of hydrogen-bond donors (Lipinski definition) is 0. The zero-order chi connectivity index (χ0) is 20.7. The lowest BCUT2D eigenvalue weighted by atomic mass is 9.74. The quantitative estimate of drug-likeness (QED) is 0.456. The molecule has 2 aliphatic carbocycles. The van der Waals surface area contributed by atoms with Gasteiger partial charge in [-0.2, -0.15) is 5.10 Å². The highest BCUT2D eigenvalue weighted by Gasteiger charge is 2.42. The van der Waals surface area contributed by atoms with Gasteiger partial charge in [-0.25, -0.2) is 9.67 Å². The molecule has 6 heteroatoms. The second kappa shape index (κ2) is 7.90. The molecule has 5 rings (SSSR count). The average Bonchev–Trinajstić information content (AvgIpc) is 3.51. The predicted molar refractivity (Wildman–Crippen MR) is 120 cm³/mol. The molecule has 1 fully saturated rings. The number of halogens is 2. The van der Waals surface area contributed by atoms with Gasteiger partial charge in [-0.3, -0.25) is 0 Å². The standard InChI is InChI=1S/C24H25Cl2N3O/c1-24(18-4-2-3-5-18)11-17-10-21(23(26)22(25)20(17)12-24)30-13-16-6-8-19(9-7-16)29-15-27-14-28-29/h6-10,14-15,18H,2-5,11-13H2,1H3. The van der Waals surface area contributed by atoms with Crippen molar-refractivity contribution in [1.82, 2.24) is 14.8 Å². The fourth-order valence-electron chi connectivity index (χ4n) is 5.20. The van der Waals surface area contributed by atoms with Gasteiger partial charge >= 0.3 is 0 Å². The number of ether oxygens (including phenoxy) is 1. The van der Waals surface area contributed by atoms with E-state index >= 15 is 0 Å². The Labute approximate surface area is 187 Å². The van der Waals surface area contributed by atoms with E-state index < -0.39 is 0 Å². The van der Waals surface area contributed by atoms with Gasteiger partial charge in [0.05, 0.1) is 10.7 Å². The second-order valence-electron chi connectivity index (χ2n) is 8.92. The lowest BCUT2D eigenvalue weighted by Gasteiger charge is -2.31. The molecule has 4 nitrogen and oxygen atoms in total. The Balaban J connectivity index is 1.32. The van der Waals surface area contributed by atoms with Crippen molar-refractivity contribution in [3.8, 4) is 11.4 Å². The maximum absolute atomic E-state index is 6.71. The summed E-state index contributed by atoms with van der Waals surface area (Å²) in [5.74, 6) is 1.46. The van der Waals surface area contributed by atoms with Crippen LogP contribution < -0.4 is 4.74 Å². The lowest BCUT2D eigenvalue weighted by molar-refractivity contribution is 0.203. The van der Waals surface area contributed by atoms with Gasteiger partial charge in [0.15, 0.2) is 0 Å². The smallest absolute Gasteiger partial charge is 0.140 e. The number of benzene rings is 2. The average molecular weight is 442 g/mol. The molecule has 30 heavy (non-hydrogen) atoms. The summed E-state index contributed by atoms with van der Waals surface area (Å²) in [5.41, 5.74) is 4.83. The summed E-state index contributed by atoms with van der Waals surface area (Å²) >= 11 is 13.3. The van der Waals surface area contributed by atoms with E-state index in [0.717, 1.165) is 30.0 Å². The summed E-state index contributed by atoms with van der Waals surface area (Å²) < 4.78 is 7.83. The third kappa shape index (κ3) is 3.61. The Morgan fingerprint density at radius 3 is 2.57 bits per heavy atom. The molecule has 1 saturated carbocycles. The highest BCUT2D eigenvalue weighted by molar-refractivity contribution is 6.43. The third-order valence-corrected chi connectivity index (χ3v) is 7.79. The molecule has 1 heterocycles. The van der Waals surface area contributed by atoms with Crippen molar-refractivity contribution in [3.63, 3.8) is 0 Å². The van der Waals surface area contributed by atoms with Crippen LogP contribution in [0.3, 0.4) is 0 Å². The second-order valence-corrected chi connectivity index (χ2v) is 9.68. The Bertz CT molecular complexity index is 1040. The van der Waals surface area contributed by atoms with Gasteiger partial charge in [-0.05, 0) is 71.9 Å². The summed E-state index contributed by atoms with van der Waals surface area (Å²) in [6.07, 6.45) is 10.7. The van der Waals surface area contributed by atoms with Crippen LogP contribution in [0.25, 0.3) is 5.69 Å². The van der Waals surface area contributed by atoms with Crippen molar-refractivity contribution in [3.05, 3.63) is 69.7 Å². The Morgan fingerprint density at radius 1 is 1.10 bits per heavy atom. The SMILES string of the molecule is CC1(C2CCCC2)Cc2cc(OCc3ccc(-n4cncn4)cc3)c(Cl)c(Cl)c2C1. The number of rotatable bonds is 5. The minimum atomic E-state index is 0.293. The molecule has 2 aromatic carbocycles.